The Morgan fingerprint density at radius 3 is 2.50 bits per heavy atom. The molecule has 2 aromatic rings. The summed E-state index contributed by atoms with van der Waals surface area (Å²) in [4.78, 5) is 6.55. The van der Waals surface area contributed by atoms with Gasteiger partial charge in [0.15, 0.2) is 5.82 Å². The molecule has 3 rings (SSSR count). The molecule has 1 aliphatic carbocycles. The van der Waals surface area contributed by atoms with Crippen molar-refractivity contribution in [1.29, 1.82) is 0 Å². The predicted molar refractivity (Wildman–Crippen MR) is 89.8 cm³/mol. The predicted octanol–water partition coefficient (Wildman–Crippen LogP) is 3.04. The summed E-state index contributed by atoms with van der Waals surface area (Å²) in [5.41, 5.74) is 2.15. The molecule has 0 saturated heterocycles. The molecule has 2 N–H and O–H groups in total. The zero-order chi connectivity index (χ0) is 15.4. The Morgan fingerprint density at radius 1 is 1.09 bits per heavy atom. The molecule has 1 saturated carbocycles. The molecular formula is C16H22N6. The first-order chi connectivity index (χ1) is 10.7. The number of aromatic nitrogens is 3. The minimum atomic E-state index is 0.483. The Hall–Kier alpha value is -2.37. The van der Waals surface area contributed by atoms with Crippen LogP contribution in [-0.2, 0) is 0 Å². The highest BCUT2D eigenvalue weighted by atomic mass is 15.3. The molecule has 0 aliphatic heterocycles. The summed E-state index contributed by atoms with van der Waals surface area (Å²) in [6.07, 6.45) is 6.57. The Bertz CT molecular complexity index is 604. The van der Waals surface area contributed by atoms with Crippen molar-refractivity contribution in [1.82, 2.24) is 15.2 Å². The van der Waals surface area contributed by atoms with Gasteiger partial charge in [-0.2, -0.15) is 10.1 Å². The molecule has 0 amide bonds. The first kappa shape index (κ1) is 14.6. The first-order valence-electron chi connectivity index (χ1n) is 7.71. The van der Waals surface area contributed by atoms with Crippen LogP contribution in [0.1, 0.15) is 25.7 Å². The average molecular weight is 298 g/mol. The summed E-state index contributed by atoms with van der Waals surface area (Å²) >= 11 is 0. The standard InChI is InChI=1S/C16H22N6/c1-22(2)14-9-7-13(8-10-14)18-15-11-17-21-16(20-15)19-12-5-3-4-6-12/h7-12H,3-6H2,1-2H3,(H2,18,19,20,21). The number of hydrogen-bond donors (Lipinski definition) is 2. The fraction of sp³-hybridized carbons (Fsp3) is 0.438. The zero-order valence-electron chi connectivity index (χ0n) is 13.1. The third-order valence-corrected chi connectivity index (χ3v) is 3.90. The maximum atomic E-state index is 4.48. The minimum absolute atomic E-state index is 0.483. The highest BCUT2D eigenvalue weighted by Crippen LogP contribution is 2.22. The van der Waals surface area contributed by atoms with Gasteiger partial charge in [0, 0.05) is 31.5 Å². The van der Waals surface area contributed by atoms with E-state index in [0.717, 1.165) is 11.4 Å². The van der Waals surface area contributed by atoms with E-state index in [0.29, 0.717) is 17.8 Å². The van der Waals surface area contributed by atoms with Crippen LogP contribution < -0.4 is 15.5 Å². The Morgan fingerprint density at radius 2 is 1.82 bits per heavy atom. The van der Waals surface area contributed by atoms with Gasteiger partial charge in [0.1, 0.15) is 0 Å². The molecule has 1 aliphatic rings. The van der Waals surface area contributed by atoms with Crippen LogP contribution in [0.15, 0.2) is 30.5 Å². The summed E-state index contributed by atoms with van der Waals surface area (Å²) in [5.74, 6) is 1.30. The van der Waals surface area contributed by atoms with E-state index >= 15 is 0 Å². The molecular weight excluding hydrogens is 276 g/mol. The Balaban J connectivity index is 1.66. The SMILES string of the molecule is CN(C)c1ccc(Nc2cnnc(NC3CCCC3)n2)cc1. The van der Waals surface area contributed by atoms with Crippen molar-refractivity contribution in [2.75, 3.05) is 29.6 Å². The van der Waals surface area contributed by atoms with E-state index in [1.807, 2.05) is 26.2 Å². The summed E-state index contributed by atoms with van der Waals surface area (Å²) in [6, 6.07) is 8.67. The summed E-state index contributed by atoms with van der Waals surface area (Å²) in [7, 11) is 4.05. The number of rotatable bonds is 5. The normalized spacial score (nSPS) is 14.8. The van der Waals surface area contributed by atoms with E-state index in [9.17, 15) is 0 Å². The van der Waals surface area contributed by atoms with Crippen LogP contribution in [0.25, 0.3) is 0 Å². The Kier molecular flexibility index (Phi) is 4.37. The van der Waals surface area contributed by atoms with Crippen LogP contribution in [0.4, 0.5) is 23.1 Å². The van der Waals surface area contributed by atoms with Gasteiger partial charge in [0.25, 0.3) is 0 Å². The lowest BCUT2D eigenvalue weighted by Crippen LogP contribution is -2.17. The van der Waals surface area contributed by atoms with Crippen LogP contribution >= 0.6 is 0 Å². The molecule has 0 unspecified atom stereocenters. The van der Waals surface area contributed by atoms with Crippen molar-refractivity contribution in [2.24, 2.45) is 0 Å². The maximum absolute atomic E-state index is 4.48. The number of benzene rings is 1. The molecule has 0 radical (unpaired) electrons. The molecule has 1 aromatic heterocycles. The van der Waals surface area contributed by atoms with Gasteiger partial charge in [-0.1, -0.05) is 12.8 Å². The van der Waals surface area contributed by atoms with Crippen molar-refractivity contribution in [3.63, 3.8) is 0 Å². The lowest BCUT2D eigenvalue weighted by atomic mass is 10.2. The second-order valence-electron chi connectivity index (χ2n) is 5.86. The fourth-order valence-corrected chi connectivity index (χ4v) is 2.67. The third kappa shape index (κ3) is 3.63. The molecule has 6 nitrogen and oxygen atoms in total. The van der Waals surface area contributed by atoms with Gasteiger partial charge in [0.2, 0.25) is 5.95 Å². The molecule has 1 fully saturated rings. The second-order valence-corrected chi connectivity index (χ2v) is 5.86. The molecule has 116 valence electrons. The van der Waals surface area contributed by atoms with Gasteiger partial charge in [-0.05, 0) is 37.1 Å². The van der Waals surface area contributed by atoms with Gasteiger partial charge in [-0.3, -0.25) is 0 Å². The van der Waals surface area contributed by atoms with E-state index in [-0.39, 0.29) is 0 Å². The largest absolute Gasteiger partial charge is 0.378 e. The molecule has 22 heavy (non-hydrogen) atoms. The molecule has 1 aromatic carbocycles. The smallest absolute Gasteiger partial charge is 0.244 e. The fourth-order valence-electron chi connectivity index (χ4n) is 2.67. The maximum Gasteiger partial charge on any atom is 0.244 e. The molecule has 0 atom stereocenters. The monoisotopic (exact) mass is 298 g/mol. The van der Waals surface area contributed by atoms with E-state index < -0.39 is 0 Å². The van der Waals surface area contributed by atoms with Crippen molar-refractivity contribution in [3.05, 3.63) is 30.5 Å². The van der Waals surface area contributed by atoms with E-state index in [1.165, 1.54) is 25.7 Å². The molecule has 1 heterocycles. The van der Waals surface area contributed by atoms with Crippen LogP contribution in [0.5, 0.6) is 0 Å². The van der Waals surface area contributed by atoms with Crippen LogP contribution in [0.3, 0.4) is 0 Å². The highest BCUT2D eigenvalue weighted by molar-refractivity contribution is 5.60. The quantitative estimate of drug-likeness (QED) is 0.884. The lowest BCUT2D eigenvalue weighted by Gasteiger charge is -2.14. The average Bonchev–Trinajstić information content (AvgIpc) is 3.01. The van der Waals surface area contributed by atoms with Gasteiger partial charge in [-0.25, -0.2) is 0 Å². The second kappa shape index (κ2) is 6.60. The van der Waals surface area contributed by atoms with Gasteiger partial charge in [-0.15, -0.1) is 5.10 Å². The molecule has 0 spiro atoms. The van der Waals surface area contributed by atoms with Crippen LogP contribution in [0.2, 0.25) is 0 Å². The summed E-state index contributed by atoms with van der Waals surface area (Å²) in [5, 5.41) is 14.7. The van der Waals surface area contributed by atoms with Gasteiger partial charge in [0.05, 0.1) is 6.20 Å². The summed E-state index contributed by atoms with van der Waals surface area (Å²) < 4.78 is 0. The topological polar surface area (TPSA) is 66.0 Å². The first-order valence-corrected chi connectivity index (χ1v) is 7.71. The van der Waals surface area contributed by atoms with Crippen molar-refractivity contribution in [2.45, 2.75) is 31.7 Å². The summed E-state index contributed by atoms with van der Waals surface area (Å²) in [6.45, 7) is 0. The van der Waals surface area contributed by atoms with Crippen LogP contribution in [0, 0.1) is 0 Å². The van der Waals surface area contributed by atoms with Crippen molar-refractivity contribution >= 4 is 23.1 Å². The Labute approximate surface area is 131 Å². The molecule has 0 bridgehead atoms. The highest BCUT2D eigenvalue weighted by Gasteiger charge is 2.15. The van der Waals surface area contributed by atoms with E-state index in [1.54, 1.807) is 6.20 Å². The van der Waals surface area contributed by atoms with E-state index in [2.05, 4.69) is 42.8 Å². The number of hydrogen-bond acceptors (Lipinski definition) is 6. The third-order valence-electron chi connectivity index (χ3n) is 3.90. The van der Waals surface area contributed by atoms with Gasteiger partial charge < -0.3 is 15.5 Å². The molecule has 6 heteroatoms. The van der Waals surface area contributed by atoms with Crippen molar-refractivity contribution in [3.8, 4) is 0 Å². The lowest BCUT2D eigenvalue weighted by molar-refractivity contribution is 0.738. The van der Waals surface area contributed by atoms with Crippen LogP contribution in [-0.4, -0.2) is 35.3 Å². The number of anilines is 4. The van der Waals surface area contributed by atoms with Crippen molar-refractivity contribution < 1.29 is 0 Å². The number of nitrogens with one attached hydrogen (secondary N) is 2. The minimum Gasteiger partial charge on any atom is -0.378 e. The number of nitrogens with zero attached hydrogens (tertiary/aromatic N) is 4. The van der Waals surface area contributed by atoms with Gasteiger partial charge >= 0.3 is 0 Å². The zero-order valence-corrected chi connectivity index (χ0v) is 13.1. The van der Waals surface area contributed by atoms with E-state index in [4.69, 9.17) is 0 Å².